The Morgan fingerprint density at radius 2 is 0.708 bits per heavy atom. The van der Waals surface area contributed by atoms with Gasteiger partial charge in [0.1, 0.15) is 0 Å². The monoisotopic (exact) mass is 845 g/mol. The molecule has 1 nitrogen and oxygen atoms in total. The minimum absolute atomic E-state index is 0.0785. The van der Waals surface area contributed by atoms with Gasteiger partial charge in [-0.15, -0.1) is 0 Å². The molecular weight excluding hydrogens is 783 g/mol. The predicted molar refractivity (Wildman–Crippen MR) is 279 cm³/mol. The second kappa shape index (κ2) is 15.1. The summed E-state index contributed by atoms with van der Waals surface area (Å²) in [6, 6.07) is 62.5. The first-order valence-corrected chi connectivity index (χ1v) is 23.6. The van der Waals surface area contributed by atoms with E-state index in [1.54, 1.807) is 0 Å². The summed E-state index contributed by atoms with van der Waals surface area (Å²) in [6.45, 7) is 28.0. The Morgan fingerprint density at radius 3 is 1.14 bits per heavy atom. The Morgan fingerprint density at radius 1 is 0.338 bits per heavy atom. The Kier molecular flexibility index (Phi) is 9.85. The van der Waals surface area contributed by atoms with Gasteiger partial charge in [0.2, 0.25) is 0 Å². The first-order valence-electron chi connectivity index (χ1n) is 23.6. The summed E-state index contributed by atoms with van der Waals surface area (Å²) in [4.78, 5) is 2.45. The highest BCUT2D eigenvalue weighted by atomic mass is 15.1. The van der Waals surface area contributed by atoms with Gasteiger partial charge in [-0.05, 0) is 168 Å². The molecule has 324 valence electrons. The molecule has 2 aliphatic carbocycles. The van der Waals surface area contributed by atoms with E-state index in [1.165, 1.54) is 100 Å². The van der Waals surface area contributed by atoms with E-state index in [9.17, 15) is 0 Å². The molecule has 1 heteroatoms. The molecule has 0 fully saturated rings. The second-order valence-corrected chi connectivity index (χ2v) is 22.0. The number of rotatable bonds is 6. The highest BCUT2D eigenvalue weighted by Crippen LogP contribution is 2.54. The van der Waals surface area contributed by atoms with Crippen molar-refractivity contribution in [2.45, 2.75) is 105 Å². The third kappa shape index (κ3) is 7.16. The lowest BCUT2D eigenvalue weighted by atomic mass is 9.78. The number of nitrogens with zero attached hydrogens (tertiary/aromatic N) is 1. The third-order valence-corrected chi connectivity index (χ3v) is 14.9. The van der Waals surface area contributed by atoms with E-state index in [4.69, 9.17) is 0 Å². The van der Waals surface area contributed by atoms with Crippen LogP contribution in [0.5, 0.6) is 0 Å². The summed E-state index contributed by atoms with van der Waals surface area (Å²) in [5.41, 5.74) is 27.0. The number of fused-ring (bicyclic) bond motifs is 6. The molecular formula is C64H63N. The van der Waals surface area contributed by atoms with Gasteiger partial charge < -0.3 is 4.90 Å². The molecule has 8 aromatic rings. The Bertz CT molecular complexity index is 3000. The van der Waals surface area contributed by atoms with Crippen LogP contribution in [0.2, 0.25) is 0 Å². The summed E-state index contributed by atoms with van der Waals surface area (Å²) in [7, 11) is 0. The molecule has 0 saturated carbocycles. The molecule has 0 heterocycles. The molecule has 8 aromatic carbocycles. The lowest BCUT2D eigenvalue weighted by molar-refractivity contribution is 0.584. The SMILES string of the molecule is Cc1ccc(N(c2ccc(-c3ccccc3)cc2)c2cc(-c3ccc4c(c3)C(C)(C)c3cc(C(C)(C)C)ccc3-4)c(C)c(-c3ccc4c(c3)C(C)(C)c3cc(C(C)(C)C)ccc3-4)c2)cc1. The van der Waals surface area contributed by atoms with E-state index in [2.05, 4.69) is 252 Å². The highest BCUT2D eigenvalue weighted by Gasteiger charge is 2.38. The zero-order valence-electron chi connectivity index (χ0n) is 40.5. The molecule has 0 saturated heterocycles. The van der Waals surface area contributed by atoms with E-state index < -0.39 is 0 Å². The van der Waals surface area contributed by atoms with Gasteiger partial charge in [-0.1, -0.05) is 190 Å². The molecule has 2 aliphatic rings. The van der Waals surface area contributed by atoms with Crippen molar-refractivity contribution in [3.8, 4) is 55.6 Å². The normalized spacial score (nSPS) is 14.4. The average molecular weight is 846 g/mol. The van der Waals surface area contributed by atoms with Crippen molar-refractivity contribution in [2.75, 3.05) is 4.90 Å². The molecule has 0 aliphatic heterocycles. The van der Waals surface area contributed by atoms with Crippen LogP contribution in [0.3, 0.4) is 0 Å². The van der Waals surface area contributed by atoms with Crippen LogP contribution in [0.4, 0.5) is 17.1 Å². The molecule has 0 spiro atoms. The van der Waals surface area contributed by atoms with Gasteiger partial charge in [0.15, 0.2) is 0 Å². The summed E-state index contributed by atoms with van der Waals surface area (Å²) >= 11 is 0. The number of hydrogen-bond acceptors (Lipinski definition) is 1. The van der Waals surface area contributed by atoms with Gasteiger partial charge in [-0.2, -0.15) is 0 Å². The summed E-state index contributed by atoms with van der Waals surface area (Å²) in [6.07, 6.45) is 0. The second-order valence-electron chi connectivity index (χ2n) is 22.0. The smallest absolute Gasteiger partial charge is 0.0474 e. The van der Waals surface area contributed by atoms with Crippen LogP contribution in [0.15, 0.2) is 164 Å². The summed E-state index contributed by atoms with van der Waals surface area (Å²) < 4.78 is 0. The van der Waals surface area contributed by atoms with E-state index in [0.29, 0.717) is 0 Å². The number of aryl methyl sites for hydroxylation is 1. The van der Waals surface area contributed by atoms with Crippen LogP contribution in [-0.2, 0) is 21.7 Å². The first-order chi connectivity index (χ1) is 30.8. The van der Waals surface area contributed by atoms with Gasteiger partial charge >= 0.3 is 0 Å². The van der Waals surface area contributed by atoms with Gasteiger partial charge in [-0.25, -0.2) is 0 Å². The minimum Gasteiger partial charge on any atom is -0.310 e. The third-order valence-electron chi connectivity index (χ3n) is 14.9. The zero-order valence-corrected chi connectivity index (χ0v) is 40.5. The van der Waals surface area contributed by atoms with Gasteiger partial charge in [-0.3, -0.25) is 0 Å². The van der Waals surface area contributed by atoms with Crippen molar-refractivity contribution in [1.82, 2.24) is 0 Å². The first kappa shape index (κ1) is 42.5. The van der Waals surface area contributed by atoms with Crippen molar-refractivity contribution in [3.63, 3.8) is 0 Å². The van der Waals surface area contributed by atoms with Crippen LogP contribution in [-0.4, -0.2) is 0 Å². The molecule has 0 bridgehead atoms. The molecule has 0 radical (unpaired) electrons. The fourth-order valence-electron chi connectivity index (χ4n) is 10.7. The predicted octanol–water partition coefficient (Wildman–Crippen LogP) is 18.0. The number of hydrogen-bond donors (Lipinski definition) is 0. The lowest BCUT2D eigenvalue weighted by Crippen LogP contribution is -2.17. The Balaban J connectivity index is 1.18. The van der Waals surface area contributed by atoms with Crippen LogP contribution < -0.4 is 4.90 Å². The molecule has 0 aromatic heterocycles. The highest BCUT2D eigenvalue weighted by molar-refractivity contribution is 5.92. The maximum atomic E-state index is 2.50. The molecule has 0 atom stereocenters. The topological polar surface area (TPSA) is 3.24 Å². The number of benzene rings is 8. The van der Waals surface area contributed by atoms with Crippen molar-refractivity contribution in [1.29, 1.82) is 0 Å². The van der Waals surface area contributed by atoms with Crippen LogP contribution >= 0.6 is 0 Å². The average Bonchev–Trinajstić information content (AvgIpc) is 3.65. The molecule has 0 unspecified atom stereocenters. The fraction of sp³-hybridized carbons (Fsp3) is 0.250. The van der Waals surface area contributed by atoms with Crippen molar-refractivity contribution < 1.29 is 0 Å². The van der Waals surface area contributed by atoms with Crippen molar-refractivity contribution >= 4 is 17.1 Å². The molecule has 10 rings (SSSR count). The van der Waals surface area contributed by atoms with E-state index >= 15 is 0 Å². The summed E-state index contributed by atoms with van der Waals surface area (Å²) in [5.74, 6) is 0. The zero-order chi connectivity index (χ0) is 45.8. The van der Waals surface area contributed by atoms with Gasteiger partial charge in [0.25, 0.3) is 0 Å². The van der Waals surface area contributed by atoms with Crippen LogP contribution in [0.1, 0.15) is 114 Å². The molecule has 0 amide bonds. The lowest BCUT2D eigenvalue weighted by Gasteiger charge is -2.29. The quantitative estimate of drug-likeness (QED) is 0.161. The van der Waals surface area contributed by atoms with E-state index in [0.717, 1.165) is 17.1 Å². The standard InChI is InChI=1S/C64H63N/c1-40-18-26-48(27-19-40)65(49-28-20-43(21-29-49)42-16-14-13-15-17-42)50-38-55(44-22-30-51-53-32-24-46(61(3,4)5)36-59(53)63(9,10)57(51)34-44)41(2)56(39-50)45-23-31-52-54-33-25-47(62(6,7)8)37-60(54)64(11,12)58(52)35-45/h13-39H,1-12H3. The van der Waals surface area contributed by atoms with Gasteiger partial charge in [0.05, 0.1) is 0 Å². The maximum Gasteiger partial charge on any atom is 0.0474 e. The van der Waals surface area contributed by atoms with Crippen LogP contribution in [0.25, 0.3) is 55.6 Å². The minimum atomic E-state index is -0.141. The van der Waals surface area contributed by atoms with Crippen molar-refractivity contribution in [3.05, 3.63) is 208 Å². The van der Waals surface area contributed by atoms with Gasteiger partial charge in [0, 0.05) is 27.9 Å². The fourth-order valence-corrected chi connectivity index (χ4v) is 10.7. The Hall–Kier alpha value is -6.44. The Labute approximate surface area is 388 Å². The number of anilines is 3. The maximum absolute atomic E-state index is 2.50. The van der Waals surface area contributed by atoms with E-state index in [-0.39, 0.29) is 21.7 Å². The molecule has 65 heavy (non-hydrogen) atoms. The molecule has 0 N–H and O–H groups in total. The van der Waals surface area contributed by atoms with Crippen molar-refractivity contribution in [2.24, 2.45) is 0 Å². The largest absolute Gasteiger partial charge is 0.310 e. The van der Waals surface area contributed by atoms with Crippen LogP contribution in [0, 0.1) is 13.8 Å². The van der Waals surface area contributed by atoms with E-state index in [1.807, 2.05) is 0 Å². The summed E-state index contributed by atoms with van der Waals surface area (Å²) in [5, 5.41) is 0.